The molecule has 0 heterocycles. The minimum absolute atomic E-state index is 0.0949. The normalized spacial score (nSPS) is 36.3. The second kappa shape index (κ2) is 5.29. The number of rotatable bonds is 4. The van der Waals surface area contributed by atoms with Crippen LogP contribution in [0.25, 0.3) is 0 Å². The summed E-state index contributed by atoms with van der Waals surface area (Å²) in [5, 5.41) is 0.260. The standard InChI is InChI=1S/C20H34O2Si/c1-18(2,3)23(5,6)22-16-8-7-11-19(4)15(16)9-10-17(19)20(14-21)12-13-20/h10,14-16H,7-9,11-13H2,1-6H3/t15-,16-,19+/m0/s1. The van der Waals surface area contributed by atoms with Crippen LogP contribution >= 0.6 is 0 Å². The predicted molar refractivity (Wildman–Crippen MR) is 97.9 cm³/mol. The van der Waals surface area contributed by atoms with Crippen molar-refractivity contribution in [3.63, 3.8) is 0 Å². The van der Waals surface area contributed by atoms with Crippen LogP contribution in [0.2, 0.25) is 18.1 Å². The van der Waals surface area contributed by atoms with E-state index in [1.54, 1.807) is 0 Å². The van der Waals surface area contributed by atoms with E-state index in [9.17, 15) is 4.79 Å². The van der Waals surface area contributed by atoms with Crippen molar-refractivity contribution < 1.29 is 9.22 Å². The third kappa shape index (κ3) is 2.68. The molecule has 0 spiro atoms. The molecule has 0 aromatic heterocycles. The topological polar surface area (TPSA) is 26.3 Å². The summed E-state index contributed by atoms with van der Waals surface area (Å²) >= 11 is 0. The van der Waals surface area contributed by atoms with E-state index >= 15 is 0 Å². The molecule has 0 amide bonds. The molecule has 2 nitrogen and oxygen atoms in total. The first-order chi connectivity index (χ1) is 10.6. The van der Waals surface area contributed by atoms with Crippen molar-refractivity contribution >= 4 is 14.6 Å². The zero-order valence-electron chi connectivity index (χ0n) is 15.9. The summed E-state index contributed by atoms with van der Waals surface area (Å²) in [5.41, 5.74) is 1.57. The number of aldehydes is 1. The molecule has 2 fully saturated rings. The lowest BCUT2D eigenvalue weighted by Crippen LogP contribution is -2.50. The third-order valence-electron chi connectivity index (χ3n) is 7.45. The Balaban J connectivity index is 1.82. The van der Waals surface area contributed by atoms with Crippen molar-refractivity contribution in [2.45, 2.75) is 90.5 Å². The molecule has 0 aromatic rings. The molecule has 0 radical (unpaired) electrons. The average molecular weight is 335 g/mol. The molecule has 0 aliphatic heterocycles. The second-order valence-electron chi connectivity index (χ2n) is 9.96. The Morgan fingerprint density at radius 2 is 1.91 bits per heavy atom. The van der Waals surface area contributed by atoms with Crippen molar-refractivity contribution in [2.75, 3.05) is 0 Å². The van der Waals surface area contributed by atoms with Gasteiger partial charge in [-0.25, -0.2) is 0 Å². The van der Waals surface area contributed by atoms with Crippen molar-refractivity contribution in [3.05, 3.63) is 11.6 Å². The van der Waals surface area contributed by atoms with Gasteiger partial charge in [0.05, 0.1) is 0 Å². The lowest BCUT2D eigenvalue weighted by molar-refractivity contribution is -0.111. The zero-order valence-corrected chi connectivity index (χ0v) is 16.9. The molecular formula is C20H34O2Si. The van der Waals surface area contributed by atoms with E-state index in [2.05, 4.69) is 46.9 Å². The fourth-order valence-electron chi connectivity index (χ4n) is 4.75. The van der Waals surface area contributed by atoms with E-state index in [-0.39, 0.29) is 15.9 Å². The maximum Gasteiger partial charge on any atom is 0.192 e. The van der Waals surface area contributed by atoms with Gasteiger partial charge in [0.2, 0.25) is 0 Å². The second-order valence-corrected chi connectivity index (χ2v) is 14.7. The molecule has 3 atom stereocenters. The Bertz CT molecular complexity index is 524. The summed E-state index contributed by atoms with van der Waals surface area (Å²) in [6, 6.07) is 0. The molecule has 0 unspecified atom stereocenters. The fourth-order valence-corrected chi connectivity index (χ4v) is 6.14. The minimum atomic E-state index is -1.74. The van der Waals surface area contributed by atoms with Crippen LogP contribution in [0.4, 0.5) is 0 Å². The number of hydrogen-bond donors (Lipinski definition) is 0. The highest BCUT2D eigenvalue weighted by molar-refractivity contribution is 6.74. The van der Waals surface area contributed by atoms with Gasteiger partial charge in [0.1, 0.15) is 6.29 Å². The van der Waals surface area contributed by atoms with E-state index in [1.807, 2.05) is 0 Å². The van der Waals surface area contributed by atoms with Crippen LogP contribution in [0, 0.1) is 16.7 Å². The maximum atomic E-state index is 11.7. The number of hydrogen-bond acceptors (Lipinski definition) is 2. The molecule has 3 aliphatic carbocycles. The number of carbonyl (C=O) groups excluding carboxylic acids is 1. The van der Waals surface area contributed by atoms with Gasteiger partial charge in [0.15, 0.2) is 8.32 Å². The first-order valence-electron chi connectivity index (χ1n) is 9.41. The lowest BCUT2D eigenvalue weighted by atomic mass is 9.62. The minimum Gasteiger partial charge on any atom is -0.414 e. The van der Waals surface area contributed by atoms with E-state index in [0.29, 0.717) is 12.0 Å². The molecule has 0 N–H and O–H groups in total. The molecule has 23 heavy (non-hydrogen) atoms. The van der Waals surface area contributed by atoms with Crippen LogP contribution in [0.1, 0.15) is 66.2 Å². The van der Waals surface area contributed by atoms with Crippen LogP contribution in [-0.2, 0) is 9.22 Å². The molecule has 3 rings (SSSR count). The Kier molecular flexibility index (Phi) is 4.00. The summed E-state index contributed by atoms with van der Waals surface area (Å²) < 4.78 is 6.85. The number of fused-ring (bicyclic) bond motifs is 1. The van der Waals surface area contributed by atoms with Crippen molar-refractivity contribution in [1.82, 2.24) is 0 Å². The van der Waals surface area contributed by atoms with Gasteiger partial charge in [0, 0.05) is 11.5 Å². The molecular weight excluding hydrogens is 300 g/mol. The van der Waals surface area contributed by atoms with Crippen LogP contribution in [0.3, 0.4) is 0 Å². The predicted octanol–water partition coefficient (Wildman–Crippen LogP) is 5.49. The monoisotopic (exact) mass is 334 g/mol. The van der Waals surface area contributed by atoms with Gasteiger partial charge in [-0.15, -0.1) is 0 Å². The summed E-state index contributed by atoms with van der Waals surface area (Å²) in [7, 11) is -1.74. The van der Waals surface area contributed by atoms with Crippen molar-refractivity contribution in [3.8, 4) is 0 Å². The van der Waals surface area contributed by atoms with E-state index < -0.39 is 8.32 Å². The molecule has 3 aliphatic rings. The SMILES string of the molecule is CC(C)(C)[Si](C)(C)O[C@H]1CCC[C@@]2(C)C(C3(C=O)CC3)=CC[C@@H]12. The van der Waals surface area contributed by atoms with Crippen LogP contribution < -0.4 is 0 Å². The quantitative estimate of drug-likeness (QED) is 0.386. The first kappa shape index (κ1) is 17.4. The fraction of sp³-hybridized carbons (Fsp3) is 0.850. The highest BCUT2D eigenvalue weighted by Gasteiger charge is 2.58. The number of carbonyl (C=O) groups is 1. The van der Waals surface area contributed by atoms with Crippen LogP contribution in [0.5, 0.6) is 0 Å². The van der Waals surface area contributed by atoms with Crippen molar-refractivity contribution in [2.24, 2.45) is 16.7 Å². The summed E-state index contributed by atoms with van der Waals surface area (Å²) in [6.45, 7) is 14.1. The molecule has 2 saturated carbocycles. The van der Waals surface area contributed by atoms with E-state index in [4.69, 9.17) is 4.43 Å². The Morgan fingerprint density at radius 3 is 2.43 bits per heavy atom. The number of allylic oxidation sites excluding steroid dienone is 2. The zero-order chi connectivity index (χ0) is 17.1. The first-order valence-corrected chi connectivity index (χ1v) is 12.3. The average Bonchev–Trinajstić information content (AvgIpc) is 3.13. The van der Waals surface area contributed by atoms with Gasteiger partial charge < -0.3 is 9.22 Å². The smallest absolute Gasteiger partial charge is 0.192 e. The maximum absolute atomic E-state index is 11.7. The summed E-state index contributed by atoms with van der Waals surface area (Å²) in [5.74, 6) is 0.581. The van der Waals surface area contributed by atoms with Gasteiger partial charge in [-0.05, 0) is 61.6 Å². The lowest BCUT2D eigenvalue weighted by Gasteiger charge is -2.49. The van der Waals surface area contributed by atoms with Gasteiger partial charge in [-0.1, -0.05) is 45.8 Å². The molecule has 0 aromatic carbocycles. The largest absolute Gasteiger partial charge is 0.414 e. The Morgan fingerprint density at radius 1 is 1.26 bits per heavy atom. The van der Waals surface area contributed by atoms with Gasteiger partial charge in [0.25, 0.3) is 0 Å². The van der Waals surface area contributed by atoms with Crippen LogP contribution in [-0.4, -0.2) is 20.7 Å². The highest BCUT2D eigenvalue weighted by atomic mass is 28.4. The molecule has 3 heteroatoms. The Labute approximate surface area is 143 Å². The third-order valence-corrected chi connectivity index (χ3v) is 12.0. The molecule has 0 bridgehead atoms. The Hall–Kier alpha value is -0.413. The van der Waals surface area contributed by atoms with Gasteiger partial charge in [-0.3, -0.25) is 0 Å². The summed E-state index contributed by atoms with van der Waals surface area (Å²) in [6.07, 6.45) is 10.9. The molecule has 130 valence electrons. The summed E-state index contributed by atoms with van der Waals surface area (Å²) in [4.78, 5) is 11.7. The van der Waals surface area contributed by atoms with Crippen LogP contribution in [0.15, 0.2) is 11.6 Å². The van der Waals surface area contributed by atoms with Crippen molar-refractivity contribution in [1.29, 1.82) is 0 Å². The van der Waals surface area contributed by atoms with E-state index in [1.165, 1.54) is 31.1 Å². The molecule has 0 saturated heterocycles. The highest BCUT2D eigenvalue weighted by Crippen LogP contribution is 2.64. The van der Waals surface area contributed by atoms with Gasteiger partial charge in [-0.2, -0.15) is 0 Å². The van der Waals surface area contributed by atoms with E-state index in [0.717, 1.165) is 19.3 Å². The van der Waals surface area contributed by atoms with Gasteiger partial charge >= 0.3 is 0 Å².